The van der Waals surface area contributed by atoms with Crippen LogP contribution in [0, 0.1) is 0 Å². The van der Waals surface area contributed by atoms with Crippen molar-refractivity contribution in [3.8, 4) is 5.75 Å². The molecule has 32 heavy (non-hydrogen) atoms. The van der Waals surface area contributed by atoms with Gasteiger partial charge < -0.3 is 24.2 Å². The first kappa shape index (κ1) is 23.8. The number of nitrogens with zero attached hydrogens (tertiary/aromatic N) is 3. The number of hydrogen-bond acceptors (Lipinski definition) is 7. The third kappa shape index (κ3) is 6.35. The van der Waals surface area contributed by atoms with E-state index >= 15 is 0 Å². The Morgan fingerprint density at radius 2 is 1.84 bits per heavy atom. The molecule has 0 aliphatic carbocycles. The maximum absolute atomic E-state index is 12.3. The molecule has 2 heterocycles. The number of aliphatic hydroxyl groups excluding tert-OH is 1. The summed E-state index contributed by atoms with van der Waals surface area (Å²) in [6.07, 6.45) is 1.02. The van der Waals surface area contributed by atoms with E-state index in [-0.39, 0.29) is 18.7 Å². The summed E-state index contributed by atoms with van der Waals surface area (Å²) in [4.78, 5) is 25.9. The van der Waals surface area contributed by atoms with Crippen molar-refractivity contribution in [2.24, 2.45) is 0 Å². The zero-order valence-electron chi connectivity index (χ0n) is 19.6. The summed E-state index contributed by atoms with van der Waals surface area (Å²) in [6.45, 7) is 11.7. The molecule has 1 aromatic heterocycles. The standard InChI is InChI=1S/C23H33N3O6/c1-22(2,3)31-20(28)19(27)14-30-17-7-8-18-15(11-17)12-26(24-18)16-9-10-25(13-16)21(29)32-23(4,5)6/h7-8,11-12,16,19,27H,9-10,13-14H2,1-6H3. The molecule has 2 atom stereocenters. The summed E-state index contributed by atoms with van der Waals surface area (Å²) in [6, 6.07) is 5.43. The van der Waals surface area contributed by atoms with Gasteiger partial charge in [-0.1, -0.05) is 0 Å². The van der Waals surface area contributed by atoms with Crippen LogP contribution in [0.4, 0.5) is 4.79 Å². The summed E-state index contributed by atoms with van der Waals surface area (Å²) >= 11 is 0. The summed E-state index contributed by atoms with van der Waals surface area (Å²) in [5.74, 6) is -0.205. The zero-order chi connectivity index (χ0) is 23.7. The number of esters is 1. The first-order chi connectivity index (χ1) is 14.8. The molecular formula is C23H33N3O6. The number of fused-ring (bicyclic) bond motifs is 1. The topological polar surface area (TPSA) is 103 Å². The fourth-order valence-corrected chi connectivity index (χ4v) is 3.36. The molecule has 3 rings (SSSR count). The fraction of sp³-hybridized carbons (Fsp3) is 0.609. The Morgan fingerprint density at radius 1 is 1.16 bits per heavy atom. The number of amides is 1. The van der Waals surface area contributed by atoms with Gasteiger partial charge in [-0.15, -0.1) is 0 Å². The fourth-order valence-electron chi connectivity index (χ4n) is 3.36. The van der Waals surface area contributed by atoms with E-state index < -0.39 is 23.3 Å². The Balaban J connectivity index is 1.60. The minimum atomic E-state index is -1.37. The van der Waals surface area contributed by atoms with Crippen molar-refractivity contribution in [1.82, 2.24) is 14.7 Å². The minimum absolute atomic E-state index is 0.0632. The highest BCUT2D eigenvalue weighted by Gasteiger charge is 2.31. The van der Waals surface area contributed by atoms with Gasteiger partial charge in [-0.3, -0.25) is 4.68 Å². The van der Waals surface area contributed by atoms with Crippen molar-refractivity contribution in [3.05, 3.63) is 24.4 Å². The van der Waals surface area contributed by atoms with Crippen molar-refractivity contribution in [3.63, 3.8) is 0 Å². The number of aromatic nitrogens is 2. The van der Waals surface area contributed by atoms with Crippen LogP contribution in [0.5, 0.6) is 5.75 Å². The zero-order valence-corrected chi connectivity index (χ0v) is 19.6. The number of ether oxygens (including phenoxy) is 3. The van der Waals surface area contributed by atoms with E-state index in [0.29, 0.717) is 18.8 Å². The second-order valence-corrected chi connectivity index (χ2v) is 10.1. The van der Waals surface area contributed by atoms with Gasteiger partial charge in [0.25, 0.3) is 0 Å². The lowest BCUT2D eigenvalue weighted by Gasteiger charge is -2.24. The van der Waals surface area contributed by atoms with Gasteiger partial charge in [-0.2, -0.15) is 5.10 Å². The van der Waals surface area contributed by atoms with E-state index in [9.17, 15) is 14.7 Å². The van der Waals surface area contributed by atoms with Crippen LogP contribution in [0.1, 0.15) is 54.0 Å². The van der Waals surface area contributed by atoms with Gasteiger partial charge in [0.1, 0.15) is 23.6 Å². The Kier molecular flexibility index (Phi) is 6.69. The average molecular weight is 448 g/mol. The molecule has 2 unspecified atom stereocenters. The largest absolute Gasteiger partial charge is 0.490 e. The maximum atomic E-state index is 12.3. The average Bonchev–Trinajstić information content (AvgIpc) is 3.29. The molecule has 0 spiro atoms. The van der Waals surface area contributed by atoms with Gasteiger partial charge in [0.05, 0.1) is 11.6 Å². The second-order valence-electron chi connectivity index (χ2n) is 10.1. The molecule has 1 aromatic carbocycles. The monoisotopic (exact) mass is 447 g/mol. The Labute approximate surface area is 188 Å². The molecule has 1 fully saturated rings. The van der Waals surface area contributed by atoms with Gasteiger partial charge >= 0.3 is 12.1 Å². The molecular weight excluding hydrogens is 414 g/mol. The smallest absolute Gasteiger partial charge is 0.410 e. The molecule has 176 valence electrons. The predicted molar refractivity (Wildman–Crippen MR) is 119 cm³/mol. The number of carbonyl (C=O) groups excluding carboxylic acids is 2. The van der Waals surface area contributed by atoms with Crippen LogP contribution in [0.15, 0.2) is 24.4 Å². The predicted octanol–water partition coefficient (Wildman–Crippen LogP) is 3.30. The Morgan fingerprint density at radius 3 is 2.50 bits per heavy atom. The van der Waals surface area contributed by atoms with Crippen molar-refractivity contribution in [2.45, 2.75) is 71.3 Å². The highest BCUT2D eigenvalue weighted by molar-refractivity contribution is 5.80. The van der Waals surface area contributed by atoms with Crippen LogP contribution in [0.3, 0.4) is 0 Å². The number of aliphatic hydroxyl groups is 1. The minimum Gasteiger partial charge on any atom is -0.490 e. The van der Waals surface area contributed by atoms with Crippen LogP contribution in [-0.4, -0.2) is 68.9 Å². The quantitative estimate of drug-likeness (QED) is 0.702. The van der Waals surface area contributed by atoms with Crippen LogP contribution < -0.4 is 4.74 Å². The number of rotatable bonds is 5. The molecule has 1 aliphatic rings. The summed E-state index contributed by atoms with van der Waals surface area (Å²) in [5.41, 5.74) is -0.408. The Bertz CT molecular complexity index is 972. The highest BCUT2D eigenvalue weighted by Crippen LogP contribution is 2.27. The van der Waals surface area contributed by atoms with Crippen molar-refractivity contribution in [2.75, 3.05) is 19.7 Å². The molecule has 9 heteroatoms. The second kappa shape index (κ2) is 8.97. The van der Waals surface area contributed by atoms with E-state index in [1.54, 1.807) is 37.8 Å². The molecule has 2 aromatic rings. The number of hydrogen-bond donors (Lipinski definition) is 1. The summed E-state index contributed by atoms with van der Waals surface area (Å²) in [5, 5.41) is 15.5. The van der Waals surface area contributed by atoms with Crippen LogP contribution >= 0.6 is 0 Å². The summed E-state index contributed by atoms with van der Waals surface area (Å²) < 4.78 is 18.1. The molecule has 0 radical (unpaired) electrons. The molecule has 1 N–H and O–H groups in total. The molecule has 1 saturated heterocycles. The number of carbonyl (C=O) groups is 2. The van der Waals surface area contributed by atoms with Crippen molar-refractivity contribution in [1.29, 1.82) is 0 Å². The Hall–Kier alpha value is -2.81. The first-order valence-corrected chi connectivity index (χ1v) is 10.8. The van der Waals surface area contributed by atoms with E-state index in [0.717, 1.165) is 17.3 Å². The number of benzene rings is 1. The third-order valence-electron chi connectivity index (χ3n) is 4.77. The van der Waals surface area contributed by atoms with E-state index in [1.807, 2.05) is 37.7 Å². The van der Waals surface area contributed by atoms with Gasteiger partial charge in [-0.05, 0) is 66.2 Å². The lowest BCUT2D eigenvalue weighted by Crippen LogP contribution is -2.35. The van der Waals surface area contributed by atoms with E-state index in [1.165, 1.54) is 0 Å². The first-order valence-electron chi connectivity index (χ1n) is 10.8. The third-order valence-corrected chi connectivity index (χ3v) is 4.77. The highest BCUT2D eigenvalue weighted by atomic mass is 16.6. The van der Waals surface area contributed by atoms with E-state index in [2.05, 4.69) is 5.10 Å². The van der Waals surface area contributed by atoms with Crippen molar-refractivity contribution < 1.29 is 28.9 Å². The lowest BCUT2D eigenvalue weighted by atomic mass is 10.2. The van der Waals surface area contributed by atoms with Gasteiger partial charge in [0.2, 0.25) is 0 Å². The number of likely N-dealkylation sites (tertiary alicyclic amines) is 1. The normalized spacial score (nSPS) is 18.0. The van der Waals surface area contributed by atoms with Crippen LogP contribution in [-0.2, 0) is 14.3 Å². The molecule has 0 bridgehead atoms. The van der Waals surface area contributed by atoms with Gasteiger partial charge in [-0.25, -0.2) is 9.59 Å². The lowest BCUT2D eigenvalue weighted by molar-refractivity contribution is -0.166. The molecule has 9 nitrogen and oxygen atoms in total. The van der Waals surface area contributed by atoms with Gasteiger partial charge in [0, 0.05) is 24.7 Å². The van der Waals surface area contributed by atoms with E-state index in [4.69, 9.17) is 14.2 Å². The molecule has 1 aliphatic heterocycles. The maximum Gasteiger partial charge on any atom is 0.410 e. The molecule has 0 saturated carbocycles. The van der Waals surface area contributed by atoms with Crippen molar-refractivity contribution >= 4 is 23.0 Å². The SMILES string of the molecule is CC(C)(C)OC(=O)C(O)COc1ccc2nn(C3CCN(C(=O)OC(C)(C)C)C3)cc2c1. The van der Waals surface area contributed by atoms with Crippen LogP contribution in [0.25, 0.3) is 10.9 Å². The summed E-state index contributed by atoms with van der Waals surface area (Å²) in [7, 11) is 0. The van der Waals surface area contributed by atoms with Gasteiger partial charge in [0.15, 0.2) is 6.10 Å². The molecule has 1 amide bonds. The van der Waals surface area contributed by atoms with Crippen LogP contribution in [0.2, 0.25) is 0 Å².